The molecule has 0 spiro atoms. The molecule has 1 heterocycles. The van der Waals surface area contributed by atoms with Crippen molar-refractivity contribution in [3.63, 3.8) is 0 Å². The zero-order valence-electron chi connectivity index (χ0n) is 9.03. The molecule has 0 atom stereocenters. The summed E-state index contributed by atoms with van der Waals surface area (Å²) in [5.41, 5.74) is 6.45. The van der Waals surface area contributed by atoms with Crippen LogP contribution in [-0.4, -0.2) is 21.8 Å². The average Bonchev–Trinajstić information content (AvgIpc) is 2.63. The summed E-state index contributed by atoms with van der Waals surface area (Å²) in [4.78, 5) is 0. The van der Waals surface area contributed by atoms with Gasteiger partial charge >= 0.3 is 0 Å². The van der Waals surface area contributed by atoms with Crippen LogP contribution in [0.15, 0.2) is 18.2 Å². The minimum Gasteiger partial charge on any atom is -0.399 e. The van der Waals surface area contributed by atoms with Gasteiger partial charge in [-0.1, -0.05) is 0 Å². The van der Waals surface area contributed by atoms with Crippen molar-refractivity contribution < 1.29 is 4.39 Å². The first-order valence-corrected chi connectivity index (χ1v) is 4.76. The van der Waals surface area contributed by atoms with Crippen LogP contribution in [0.2, 0.25) is 0 Å². The Bertz CT molecular complexity index is 520. The third-order valence-corrected chi connectivity index (χ3v) is 2.33. The van der Waals surface area contributed by atoms with E-state index in [0.29, 0.717) is 23.0 Å². The number of anilines is 2. The second-order valence-electron chi connectivity index (χ2n) is 3.40. The number of nitrogens with two attached hydrogens (primary N) is 1. The minimum atomic E-state index is -0.368. The second kappa shape index (κ2) is 3.80. The van der Waals surface area contributed by atoms with Gasteiger partial charge in [0.15, 0.2) is 5.82 Å². The molecule has 0 saturated carbocycles. The van der Waals surface area contributed by atoms with E-state index in [4.69, 9.17) is 5.73 Å². The lowest BCUT2D eigenvalue weighted by Gasteiger charge is -2.05. The van der Waals surface area contributed by atoms with Crippen LogP contribution in [0.25, 0.3) is 11.4 Å². The summed E-state index contributed by atoms with van der Waals surface area (Å²) in [5.74, 6) is 0.637. The van der Waals surface area contributed by atoms with E-state index in [9.17, 15) is 4.39 Å². The number of aromatic nitrogens is 3. The van der Waals surface area contributed by atoms with E-state index in [1.165, 1.54) is 12.1 Å². The molecule has 2 rings (SSSR count). The molecule has 0 unspecified atom stereocenters. The third kappa shape index (κ3) is 1.58. The van der Waals surface area contributed by atoms with E-state index in [2.05, 4.69) is 15.5 Å². The van der Waals surface area contributed by atoms with E-state index >= 15 is 0 Å². The maximum Gasteiger partial charge on any atom is 0.224 e. The van der Waals surface area contributed by atoms with Gasteiger partial charge in [-0.25, -0.2) is 4.39 Å². The smallest absolute Gasteiger partial charge is 0.224 e. The average molecular weight is 221 g/mol. The highest BCUT2D eigenvalue weighted by Crippen LogP contribution is 2.24. The molecule has 0 fully saturated rings. The minimum absolute atomic E-state index is 0.344. The Balaban J connectivity index is 2.58. The van der Waals surface area contributed by atoms with Crippen molar-refractivity contribution in [1.29, 1.82) is 0 Å². The fraction of sp³-hybridized carbons (Fsp3) is 0.200. The number of nitrogens with zero attached hydrogens (tertiary/aromatic N) is 3. The highest BCUT2D eigenvalue weighted by atomic mass is 19.1. The van der Waals surface area contributed by atoms with Crippen LogP contribution in [0.1, 0.15) is 0 Å². The molecule has 1 aromatic heterocycles. The normalized spacial score (nSPS) is 10.4. The summed E-state index contributed by atoms with van der Waals surface area (Å²) in [5, 5.41) is 10.6. The van der Waals surface area contributed by atoms with Gasteiger partial charge in [-0.3, -0.25) is 4.57 Å². The Labute approximate surface area is 92.1 Å². The van der Waals surface area contributed by atoms with E-state index in [-0.39, 0.29) is 5.82 Å². The Morgan fingerprint density at radius 1 is 1.38 bits per heavy atom. The van der Waals surface area contributed by atoms with Crippen LogP contribution in [0.3, 0.4) is 0 Å². The van der Waals surface area contributed by atoms with Crippen LogP contribution in [-0.2, 0) is 7.05 Å². The van der Waals surface area contributed by atoms with E-state index < -0.39 is 0 Å². The quantitative estimate of drug-likeness (QED) is 0.749. The summed E-state index contributed by atoms with van der Waals surface area (Å²) < 4.78 is 15.3. The number of hydrogen-bond donors (Lipinski definition) is 2. The molecule has 0 radical (unpaired) electrons. The summed E-state index contributed by atoms with van der Waals surface area (Å²) in [7, 11) is 3.48. The Morgan fingerprint density at radius 2 is 2.12 bits per heavy atom. The van der Waals surface area contributed by atoms with E-state index in [1.807, 2.05) is 0 Å². The fourth-order valence-electron chi connectivity index (χ4n) is 1.50. The van der Waals surface area contributed by atoms with Crippen molar-refractivity contribution in [2.45, 2.75) is 0 Å². The maximum atomic E-state index is 13.6. The predicted octanol–water partition coefficient (Wildman–Crippen LogP) is 1.25. The van der Waals surface area contributed by atoms with Gasteiger partial charge in [0.05, 0.1) is 5.56 Å². The van der Waals surface area contributed by atoms with Crippen LogP contribution >= 0.6 is 0 Å². The molecule has 6 heteroatoms. The second-order valence-corrected chi connectivity index (χ2v) is 3.40. The summed E-state index contributed by atoms with van der Waals surface area (Å²) in [6, 6.07) is 4.37. The van der Waals surface area contributed by atoms with Gasteiger partial charge in [-0.05, 0) is 18.2 Å². The number of nitrogen functional groups attached to an aromatic ring is 1. The lowest BCUT2D eigenvalue weighted by Crippen LogP contribution is -2.01. The van der Waals surface area contributed by atoms with E-state index in [1.54, 1.807) is 24.7 Å². The van der Waals surface area contributed by atoms with Gasteiger partial charge < -0.3 is 11.1 Å². The first kappa shape index (κ1) is 10.4. The van der Waals surface area contributed by atoms with Crippen LogP contribution in [0.5, 0.6) is 0 Å². The van der Waals surface area contributed by atoms with Crippen molar-refractivity contribution in [3.05, 3.63) is 24.0 Å². The lowest BCUT2D eigenvalue weighted by molar-refractivity contribution is 0.629. The molecule has 84 valence electrons. The Morgan fingerprint density at radius 3 is 2.75 bits per heavy atom. The lowest BCUT2D eigenvalue weighted by atomic mass is 10.2. The van der Waals surface area contributed by atoms with Gasteiger partial charge in [0.2, 0.25) is 5.95 Å². The first-order chi connectivity index (χ1) is 7.63. The van der Waals surface area contributed by atoms with Gasteiger partial charge in [-0.2, -0.15) is 0 Å². The van der Waals surface area contributed by atoms with Gasteiger partial charge in [0, 0.05) is 19.8 Å². The highest BCUT2D eigenvalue weighted by molar-refractivity contribution is 5.63. The molecule has 5 nitrogen and oxygen atoms in total. The Kier molecular flexibility index (Phi) is 2.47. The Hall–Kier alpha value is -2.11. The zero-order chi connectivity index (χ0) is 11.7. The molecular weight excluding hydrogens is 209 g/mol. The van der Waals surface area contributed by atoms with Crippen LogP contribution < -0.4 is 11.1 Å². The van der Waals surface area contributed by atoms with E-state index in [0.717, 1.165) is 0 Å². The van der Waals surface area contributed by atoms with Crippen molar-refractivity contribution in [2.24, 2.45) is 7.05 Å². The number of rotatable bonds is 2. The van der Waals surface area contributed by atoms with Gasteiger partial charge in [-0.15, -0.1) is 10.2 Å². The topological polar surface area (TPSA) is 68.8 Å². The number of hydrogen-bond acceptors (Lipinski definition) is 4. The molecule has 0 bridgehead atoms. The number of nitrogens with one attached hydrogen (secondary N) is 1. The summed E-state index contributed by atoms with van der Waals surface area (Å²) in [6.45, 7) is 0. The molecule has 0 amide bonds. The highest BCUT2D eigenvalue weighted by Gasteiger charge is 2.13. The molecule has 1 aromatic carbocycles. The summed E-state index contributed by atoms with van der Waals surface area (Å²) in [6.07, 6.45) is 0. The number of benzene rings is 1. The van der Waals surface area contributed by atoms with Crippen molar-refractivity contribution >= 4 is 11.6 Å². The van der Waals surface area contributed by atoms with Gasteiger partial charge in [0.25, 0.3) is 0 Å². The van der Waals surface area contributed by atoms with Crippen molar-refractivity contribution in [2.75, 3.05) is 18.1 Å². The van der Waals surface area contributed by atoms with Crippen molar-refractivity contribution in [3.8, 4) is 11.4 Å². The molecule has 0 saturated heterocycles. The molecule has 0 aliphatic rings. The van der Waals surface area contributed by atoms with Crippen LogP contribution in [0.4, 0.5) is 16.0 Å². The molecule has 0 aliphatic carbocycles. The molecule has 16 heavy (non-hydrogen) atoms. The molecule has 3 N–H and O–H groups in total. The maximum absolute atomic E-state index is 13.6. The monoisotopic (exact) mass is 221 g/mol. The molecule has 2 aromatic rings. The summed E-state index contributed by atoms with van der Waals surface area (Å²) >= 11 is 0. The standard InChI is InChI=1S/C10H12FN5/c1-13-10-15-14-9(16(10)2)7-5-6(12)3-4-8(7)11/h3-5H,12H2,1-2H3,(H,13,15). The van der Waals surface area contributed by atoms with Crippen molar-refractivity contribution in [1.82, 2.24) is 14.8 Å². The number of halogens is 1. The van der Waals surface area contributed by atoms with Crippen LogP contribution in [0, 0.1) is 5.82 Å². The van der Waals surface area contributed by atoms with Gasteiger partial charge in [0.1, 0.15) is 5.82 Å². The third-order valence-electron chi connectivity index (χ3n) is 2.33. The SMILES string of the molecule is CNc1nnc(-c2cc(N)ccc2F)n1C. The fourth-order valence-corrected chi connectivity index (χ4v) is 1.50. The predicted molar refractivity (Wildman–Crippen MR) is 60.4 cm³/mol. The first-order valence-electron chi connectivity index (χ1n) is 4.76. The largest absolute Gasteiger partial charge is 0.399 e. The molecule has 0 aliphatic heterocycles. The zero-order valence-corrected chi connectivity index (χ0v) is 9.03. The molecular formula is C10H12FN5.